The molecule has 0 heterocycles. The summed E-state index contributed by atoms with van der Waals surface area (Å²) in [5, 5.41) is 4.87. The number of hydrogen-bond donors (Lipinski definition) is 1. The minimum absolute atomic E-state index is 0. The average Bonchev–Trinajstić information content (AvgIpc) is 3.12. The first-order chi connectivity index (χ1) is 20.7. The van der Waals surface area contributed by atoms with Crippen LogP contribution in [0.5, 0.6) is 0 Å². The summed E-state index contributed by atoms with van der Waals surface area (Å²) < 4.78 is 20.2. The van der Waals surface area contributed by atoms with Gasteiger partial charge in [0, 0.05) is 10.4 Å². The van der Waals surface area contributed by atoms with Gasteiger partial charge in [-0.05, 0) is 15.6 Å². The largest absolute Gasteiger partial charge is 0.184 e. The van der Waals surface area contributed by atoms with Gasteiger partial charge in [-0.3, -0.25) is 0 Å². The Kier molecular flexibility index (Phi) is 16.3. The Bertz CT molecular complexity index is 1390. The van der Waals surface area contributed by atoms with Gasteiger partial charge in [0.05, 0.1) is 0 Å². The fraction of sp³-hybridized carbons (Fsp3) is 0. The first-order valence-electron chi connectivity index (χ1n) is 13.3. The van der Waals surface area contributed by atoms with Crippen LogP contribution in [0, 0.1) is 13.5 Å². The molecule has 0 saturated carbocycles. The van der Waals surface area contributed by atoms with Crippen molar-refractivity contribution in [3.63, 3.8) is 0 Å². The zero-order valence-electron chi connectivity index (χ0n) is 24.0. The Morgan fingerprint density at radius 3 is 0.953 bits per heavy atom. The summed E-state index contributed by atoms with van der Waals surface area (Å²) in [5.41, 5.74) is 0. The summed E-state index contributed by atoms with van der Waals surface area (Å²) in [6.45, 7) is 0. The SMILES string of the molecule is O=[Si](c1ccccc1)c1ccccc1.O[Si](c1ccccc1)(c1ccccc1)c1ccccc1.[CH3-].[O]=[V+2].[c-]1ccccc1. The molecule has 0 bridgehead atoms. The standard InChI is InChI=1S/C18H16OSi.C12H10OSi.C6H5.CH3.O.V/c19-20(16-10-4-1-5-11-16,17-12-6-2-7-13-17)18-14-8-3-9-15-18;13-14(11-7-3-1-4-8-11)12-9-5-2-6-10-12;1-2-4-6-5-3-1;;;/h1-15,19H;1-10H;1-5H;1H3;;/q;;2*-1;;+2. The van der Waals surface area contributed by atoms with Crippen LogP contribution in [0.3, 0.4) is 0 Å². The van der Waals surface area contributed by atoms with Gasteiger partial charge in [0.2, 0.25) is 0 Å². The molecule has 0 aliphatic rings. The van der Waals surface area contributed by atoms with Gasteiger partial charge in [0.1, 0.15) is 0 Å². The van der Waals surface area contributed by atoms with Crippen molar-refractivity contribution in [3.05, 3.63) is 195 Å². The summed E-state index contributed by atoms with van der Waals surface area (Å²) >= 11 is 1.06. The molecule has 0 spiro atoms. The summed E-state index contributed by atoms with van der Waals surface area (Å²) in [6.07, 6.45) is 0. The number of rotatable bonds is 5. The quantitative estimate of drug-likeness (QED) is 0.171. The second-order valence-electron chi connectivity index (χ2n) is 8.95. The van der Waals surface area contributed by atoms with E-state index < -0.39 is 17.0 Å². The van der Waals surface area contributed by atoms with Crippen molar-refractivity contribution < 1.29 is 30.3 Å². The Labute approximate surface area is 267 Å². The molecule has 6 rings (SSSR count). The maximum Gasteiger partial charge on any atom is -0.171 e. The first kappa shape index (κ1) is 35.1. The van der Waals surface area contributed by atoms with E-state index in [4.69, 9.17) is 3.67 Å². The van der Waals surface area contributed by atoms with Gasteiger partial charge in [0.15, 0.2) is 0 Å². The maximum absolute atomic E-state index is 12.0. The van der Waals surface area contributed by atoms with Gasteiger partial charge in [-0.15, -0.1) is 0 Å². The van der Waals surface area contributed by atoms with Crippen LogP contribution in [0.2, 0.25) is 0 Å². The Hall–Kier alpha value is -4.10. The van der Waals surface area contributed by atoms with E-state index in [9.17, 15) is 9.26 Å². The Morgan fingerprint density at radius 1 is 0.465 bits per heavy atom. The van der Waals surface area contributed by atoms with E-state index in [1.807, 2.05) is 182 Å². The fourth-order valence-corrected chi connectivity index (χ4v) is 8.57. The summed E-state index contributed by atoms with van der Waals surface area (Å²) in [6, 6.07) is 61.7. The predicted octanol–water partition coefficient (Wildman–Crippen LogP) is 4.68. The average molecular weight is 634 g/mol. The molecule has 0 aliphatic carbocycles. The van der Waals surface area contributed by atoms with Crippen molar-refractivity contribution in [2.75, 3.05) is 0 Å². The molecule has 0 fully saturated rings. The molecule has 213 valence electrons. The van der Waals surface area contributed by atoms with Crippen LogP contribution in [-0.2, 0) is 25.5 Å². The van der Waals surface area contributed by atoms with Crippen LogP contribution < -0.4 is 25.9 Å². The minimum Gasteiger partial charge on any atom is -0.184 e. The van der Waals surface area contributed by atoms with Crippen LogP contribution in [0.1, 0.15) is 0 Å². The van der Waals surface area contributed by atoms with Gasteiger partial charge < -0.3 is 16.7 Å². The molecular weight excluding hydrogens is 600 g/mol. The number of hydrogen-bond acceptors (Lipinski definition) is 3. The van der Waals surface area contributed by atoms with Crippen LogP contribution >= 0.6 is 0 Å². The van der Waals surface area contributed by atoms with Gasteiger partial charge in [-0.2, -0.15) is 36.4 Å². The number of benzene rings is 6. The summed E-state index contributed by atoms with van der Waals surface area (Å²) in [7, 11) is -4.67. The van der Waals surface area contributed by atoms with Gasteiger partial charge in [-0.25, -0.2) is 0 Å². The molecule has 0 unspecified atom stereocenters. The van der Waals surface area contributed by atoms with Gasteiger partial charge in [0.25, 0.3) is 8.32 Å². The molecule has 0 saturated heterocycles. The van der Waals surface area contributed by atoms with Crippen LogP contribution in [0.25, 0.3) is 0 Å². The second kappa shape index (κ2) is 19.9. The summed E-state index contributed by atoms with van der Waals surface area (Å²) in [4.78, 5) is 11.6. The van der Waals surface area contributed by atoms with E-state index >= 15 is 0 Å². The summed E-state index contributed by atoms with van der Waals surface area (Å²) in [5.74, 6) is 0. The van der Waals surface area contributed by atoms with E-state index in [2.05, 4.69) is 6.07 Å². The molecular formula is C37H34O3Si2V. The molecule has 0 aliphatic heterocycles. The van der Waals surface area contributed by atoms with E-state index in [1.165, 1.54) is 0 Å². The zero-order chi connectivity index (χ0) is 29.9. The molecule has 0 atom stereocenters. The van der Waals surface area contributed by atoms with Gasteiger partial charge in [-0.1, -0.05) is 152 Å². The fourth-order valence-electron chi connectivity index (χ4n) is 4.23. The smallest absolute Gasteiger partial charge is 0.171 e. The van der Waals surface area contributed by atoms with E-state index in [0.29, 0.717) is 0 Å². The molecule has 3 nitrogen and oxygen atoms in total. The molecule has 0 amide bonds. The van der Waals surface area contributed by atoms with E-state index in [1.54, 1.807) is 0 Å². The van der Waals surface area contributed by atoms with Crippen molar-refractivity contribution in [1.82, 2.24) is 0 Å². The molecule has 6 heteroatoms. The molecule has 0 aromatic heterocycles. The molecule has 0 radical (unpaired) electrons. The molecule has 43 heavy (non-hydrogen) atoms. The Morgan fingerprint density at radius 2 is 0.721 bits per heavy atom. The molecule has 6 aromatic carbocycles. The second-order valence-corrected chi connectivity index (χ2v) is 13.9. The Balaban J connectivity index is 0.000000244. The normalized spacial score (nSPS) is 9.65. The van der Waals surface area contributed by atoms with E-state index in [0.717, 1.165) is 43.3 Å². The first-order valence-corrected chi connectivity index (χ1v) is 17.3. The van der Waals surface area contributed by atoms with Crippen LogP contribution in [0.15, 0.2) is 182 Å². The molecule has 1 N–H and O–H groups in total. The van der Waals surface area contributed by atoms with Crippen molar-refractivity contribution in [2.45, 2.75) is 0 Å². The predicted molar refractivity (Wildman–Crippen MR) is 177 cm³/mol. The van der Waals surface area contributed by atoms with Crippen molar-refractivity contribution in [3.8, 4) is 0 Å². The van der Waals surface area contributed by atoms with Crippen molar-refractivity contribution in [2.24, 2.45) is 0 Å². The van der Waals surface area contributed by atoms with Crippen molar-refractivity contribution in [1.29, 1.82) is 0 Å². The van der Waals surface area contributed by atoms with E-state index in [-0.39, 0.29) is 7.43 Å². The minimum atomic E-state index is -2.88. The van der Waals surface area contributed by atoms with Crippen LogP contribution in [-0.4, -0.2) is 21.8 Å². The third-order valence-electron chi connectivity index (χ3n) is 6.25. The topological polar surface area (TPSA) is 54.4 Å². The third-order valence-corrected chi connectivity index (χ3v) is 11.5. The van der Waals surface area contributed by atoms with Crippen LogP contribution in [0.4, 0.5) is 0 Å². The monoisotopic (exact) mass is 633 g/mol. The molecule has 6 aromatic rings. The zero-order valence-corrected chi connectivity index (χ0v) is 27.4. The maximum atomic E-state index is 12.0. The van der Waals surface area contributed by atoms with Gasteiger partial charge >= 0.3 is 29.7 Å². The van der Waals surface area contributed by atoms with Crippen molar-refractivity contribution >= 4 is 42.9 Å². The third kappa shape index (κ3) is 10.6.